The van der Waals surface area contributed by atoms with Crippen LogP contribution in [0.15, 0.2) is 68.8 Å². The van der Waals surface area contributed by atoms with Gasteiger partial charge in [-0.15, -0.1) is 0 Å². The van der Waals surface area contributed by atoms with Gasteiger partial charge in [0.05, 0.1) is 23.2 Å². The minimum absolute atomic E-state index is 0.0991. The maximum absolute atomic E-state index is 13.9. The highest BCUT2D eigenvalue weighted by molar-refractivity contribution is 7.89. The number of aromatic nitrogens is 3. The second-order valence-corrected chi connectivity index (χ2v) is 10.7. The monoisotopic (exact) mass is 509 g/mol. The van der Waals surface area contributed by atoms with Gasteiger partial charge in [0, 0.05) is 6.54 Å². The van der Waals surface area contributed by atoms with Gasteiger partial charge in [0.1, 0.15) is 11.2 Å². The first kappa shape index (κ1) is 25.7. The van der Waals surface area contributed by atoms with Crippen molar-refractivity contribution in [2.45, 2.75) is 51.1 Å². The molecule has 190 valence electrons. The number of rotatable bonds is 10. The van der Waals surface area contributed by atoms with Crippen LogP contribution in [0.4, 0.5) is 0 Å². The fraction of sp³-hybridized carbons (Fsp3) is 0.346. The molecule has 0 bridgehead atoms. The van der Waals surface area contributed by atoms with Gasteiger partial charge in [-0.2, -0.15) is 9.29 Å². The summed E-state index contributed by atoms with van der Waals surface area (Å²) in [6, 6.07) is 15.6. The molecule has 0 amide bonds. The Labute approximate surface area is 210 Å². The van der Waals surface area contributed by atoms with Crippen molar-refractivity contribution in [3.05, 3.63) is 87.6 Å². The second-order valence-electron chi connectivity index (χ2n) is 8.79. The molecule has 0 aliphatic rings. The van der Waals surface area contributed by atoms with Crippen molar-refractivity contribution < 1.29 is 12.9 Å². The Morgan fingerprint density at radius 1 is 1.11 bits per heavy atom. The summed E-state index contributed by atoms with van der Waals surface area (Å²) in [6.45, 7) is 6.14. The molecule has 0 aliphatic heterocycles. The number of nitrogens with two attached hydrogens (primary N) is 1. The Morgan fingerprint density at radius 2 is 1.86 bits per heavy atom. The number of sulfonamides is 1. The van der Waals surface area contributed by atoms with Gasteiger partial charge in [-0.05, 0) is 56.5 Å². The molecule has 0 spiro atoms. The lowest BCUT2D eigenvalue weighted by Crippen LogP contribution is -2.40. The van der Waals surface area contributed by atoms with Gasteiger partial charge < -0.3 is 10.3 Å². The SMILES string of the molecule is CCC(c1nc2onc(C)c2c(=O)n1Cc1ccccc1)N(CCCN)S(=O)(=O)c1cccc(C)c1. The lowest BCUT2D eigenvalue weighted by molar-refractivity contribution is 0.293. The van der Waals surface area contributed by atoms with Crippen LogP contribution in [0.3, 0.4) is 0 Å². The maximum atomic E-state index is 13.9. The van der Waals surface area contributed by atoms with Crippen LogP contribution < -0.4 is 11.3 Å². The quantitative estimate of drug-likeness (QED) is 0.347. The minimum atomic E-state index is -3.93. The molecule has 4 aromatic rings. The summed E-state index contributed by atoms with van der Waals surface area (Å²) < 4.78 is 36.1. The zero-order valence-electron chi connectivity index (χ0n) is 20.7. The van der Waals surface area contributed by atoms with Crippen LogP contribution in [0.5, 0.6) is 0 Å². The topological polar surface area (TPSA) is 124 Å². The number of hydrogen-bond acceptors (Lipinski definition) is 7. The van der Waals surface area contributed by atoms with E-state index in [2.05, 4.69) is 10.1 Å². The van der Waals surface area contributed by atoms with Gasteiger partial charge in [-0.3, -0.25) is 9.36 Å². The van der Waals surface area contributed by atoms with Gasteiger partial charge in [0.2, 0.25) is 10.0 Å². The van der Waals surface area contributed by atoms with Crippen LogP contribution in [-0.4, -0.2) is 40.5 Å². The van der Waals surface area contributed by atoms with Crippen molar-refractivity contribution in [2.24, 2.45) is 5.73 Å². The van der Waals surface area contributed by atoms with E-state index in [9.17, 15) is 13.2 Å². The zero-order valence-corrected chi connectivity index (χ0v) is 21.5. The first-order chi connectivity index (χ1) is 17.3. The highest BCUT2D eigenvalue weighted by Crippen LogP contribution is 2.31. The molecule has 0 saturated heterocycles. The first-order valence-electron chi connectivity index (χ1n) is 12.0. The van der Waals surface area contributed by atoms with E-state index in [1.165, 1.54) is 8.87 Å². The molecular weight excluding hydrogens is 478 g/mol. The van der Waals surface area contributed by atoms with E-state index in [0.29, 0.717) is 36.3 Å². The number of nitrogens with zero attached hydrogens (tertiary/aromatic N) is 4. The largest absolute Gasteiger partial charge is 0.335 e. The zero-order chi connectivity index (χ0) is 25.9. The van der Waals surface area contributed by atoms with Crippen LogP contribution in [0.2, 0.25) is 0 Å². The highest BCUT2D eigenvalue weighted by Gasteiger charge is 2.35. The second kappa shape index (κ2) is 10.7. The fourth-order valence-corrected chi connectivity index (χ4v) is 6.18. The smallest absolute Gasteiger partial charge is 0.267 e. The number of hydrogen-bond donors (Lipinski definition) is 1. The van der Waals surface area contributed by atoms with E-state index in [4.69, 9.17) is 10.3 Å². The highest BCUT2D eigenvalue weighted by atomic mass is 32.2. The molecule has 36 heavy (non-hydrogen) atoms. The summed E-state index contributed by atoms with van der Waals surface area (Å²) in [7, 11) is -3.93. The van der Waals surface area contributed by atoms with Crippen molar-refractivity contribution in [3.8, 4) is 0 Å². The summed E-state index contributed by atoms with van der Waals surface area (Å²) in [6.07, 6.45) is 0.837. The van der Waals surface area contributed by atoms with Crippen molar-refractivity contribution in [1.29, 1.82) is 0 Å². The summed E-state index contributed by atoms with van der Waals surface area (Å²) >= 11 is 0. The van der Waals surface area contributed by atoms with E-state index < -0.39 is 16.1 Å². The van der Waals surface area contributed by atoms with Crippen molar-refractivity contribution in [2.75, 3.05) is 13.1 Å². The van der Waals surface area contributed by atoms with Crippen LogP contribution in [0, 0.1) is 13.8 Å². The molecule has 1 atom stereocenters. The normalized spacial score (nSPS) is 12.9. The van der Waals surface area contributed by atoms with E-state index >= 15 is 0 Å². The van der Waals surface area contributed by atoms with Crippen LogP contribution >= 0.6 is 0 Å². The third-order valence-electron chi connectivity index (χ3n) is 6.19. The molecule has 2 aromatic heterocycles. The van der Waals surface area contributed by atoms with Crippen molar-refractivity contribution >= 4 is 21.1 Å². The van der Waals surface area contributed by atoms with Gasteiger partial charge >= 0.3 is 0 Å². The molecule has 2 N–H and O–H groups in total. The minimum Gasteiger partial charge on any atom is -0.335 e. The molecule has 0 radical (unpaired) electrons. The number of benzene rings is 2. The Balaban J connectivity index is 1.93. The van der Waals surface area contributed by atoms with E-state index in [1.807, 2.05) is 50.2 Å². The van der Waals surface area contributed by atoms with E-state index in [1.54, 1.807) is 25.1 Å². The average Bonchev–Trinajstić information content (AvgIpc) is 3.24. The van der Waals surface area contributed by atoms with Gasteiger partial charge in [0.25, 0.3) is 11.3 Å². The van der Waals surface area contributed by atoms with Crippen molar-refractivity contribution in [3.63, 3.8) is 0 Å². The Kier molecular flexibility index (Phi) is 7.67. The third-order valence-corrected chi connectivity index (χ3v) is 8.10. The predicted octanol–water partition coefficient (Wildman–Crippen LogP) is 3.54. The predicted molar refractivity (Wildman–Crippen MR) is 138 cm³/mol. The first-order valence-corrected chi connectivity index (χ1v) is 13.4. The lowest BCUT2D eigenvalue weighted by atomic mass is 10.1. The third kappa shape index (κ3) is 4.97. The molecule has 0 fully saturated rings. The molecule has 2 aromatic carbocycles. The molecule has 1 unspecified atom stereocenters. The lowest BCUT2D eigenvalue weighted by Gasteiger charge is -2.31. The summed E-state index contributed by atoms with van der Waals surface area (Å²) in [4.78, 5) is 18.6. The molecular formula is C26H31N5O4S. The standard InChI is InChI=1S/C26H31N5O4S/c1-4-22(31(15-9-14-27)36(33,34)21-13-8-10-18(2)16-21)24-28-25-23(19(3)29-35-25)26(32)30(24)17-20-11-6-5-7-12-20/h5-8,10-13,16,22H,4,9,14-15,17,27H2,1-3H3. The Hall–Kier alpha value is -3.34. The molecule has 9 nitrogen and oxygen atoms in total. The molecule has 2 heterocycles. The van der Waals surface area contributed by atoms with E-state index in [0.717, 1.165) is 11.1 Å². The Bertz CT molecular complexity index is 1510. The number of aryl methyl sites for hydroxylation is 2. The summed E-state index contributed by atoms with van der Waals surface area (Å²) in [5.41, 5.74) is 7.73. The van der Waals surface area contributed by atoms with Crippen LogP contribution in [0.25, 0.3) is 11.1 Å². The fourth-order valence-electron chi connectivity index (χ4n) is 4.37. The summed E-state index contributed by atoms with van der Waals surface area (Å²) in [5.74, 6) is 0.309. The van der Waals surface area contributed by atoms with Gasteiger partial charge in [-0.1, -0.05) is 54.5 Å². The number of fused-ring (bicyclic) bond motifs is 1. The molecule has 4 rings (SSSR count). The maximum Gasteiger partial charge on any atom is 0.267 e. The van der Waals surface area contributed by atoms with Gasteiger partial charge in [0.15, 0.2) is 0 Å². The molecule has 0 saturated carbocycles. The van der Waals surface area contributed by atoms with Crippen molar-refractivity contribution in [1.82, 2.24) is 19.0 Å². The molecule has 10 heteroatoms. The molecule has 0 aliphatic carbocycles. The average molecular weight is 510 g/mol. The van der Waals surface area contributed by atoms with Crippen LogP contribution in [-0.2, 0) is 16.6 Å². The Morgan fingerprint density at radius 3 is 2.53 bits per heavy atom. The summed E-state index contributed by atoms with van der Waals surface area (Å²) in [5, 5.41) is 4.22. The van der Waals surface area contributed by atoms with Crippen LogP contribution in [0.1, 0.15) is 48.5 Å². The van der Waals surface area contributed by atoms with Gasteiger partial charge in [-0.25, -0.2) is 8.42 Å². The van der Waals surface area contributed by atoms with E-state index in [-0.39, 0.29) is 29.3 Å².